The van der Waals surface area contributed by atoms with Gasteiger partial charge in [0, 0.05) is 23.9 Å². The van der Waals surface area contributed by atoms with Crippen LogP contribution in [0.25, 0.3) is 0 Å². The molecule has 0 saturated carbocycles. The Morgan fingerprint density at radius 2 is 2.25 bits per heavy atom. The molecule has 0 fully saturated rings. The molecule has 0 aliphatic carbocycles. The van der Waals surface area contributed by atoms with Crippen LogP contribution in [0.4, 0.5) is 4.39 Å². The molecule has 0 aromatic heterocycles. The van der Waals surface area contributed by atoms with Crippen molar-refractivity contribution in [2.45, 2.75) is 19.4 Å². The van der Waals surface area contributed by atoms with Gasteiger partial charge in [-0.05, 0) is 18.7 Å². The lowest BCUT2D eigenvalue weighted by atomic mass is 10.0. The van der Waals surface area contributed by atoms with Gasteiger partial charge in [-0.3, -0.25) is 0 Å². The van der Waals surface area contributed by atoms with Crippen LogP contribution in [0.5, 0.6) is 0 Å². The third-order valence-corrected chi connectivity index (χ3v) is 3.37. The Hall–Kier alpha value is -0.250. The molecule has 16 heavy (non-hydrogen) atoms. The second-order valence-electron chi connectivity index (χ2n) is 3.55. The summed E-state index contributed by atoms with van der Waals surface area (Å²) in [4.78, 5) is 0. The molecule has 0 spiro atoms. The number of halogens is 2. The van der Waals surface area contributed by atoms with Crippen molar-refractivity contribution in [2.24, 2.45) is 0 Å². The molecular formula is C12H17ClFNS. The van der Waals surface area contributed by atoms with E-state index in [9.17, 15) is 4.39 Å². The summed E-state index contributed by atoms with van der Waals surface area (Å²) in [5.74, 6) is 0.728. The maximum absolute atomic E-state index is 13.8. The third-order valence-electron chi connectivity index (χ3n) is 2.46. The first-order chi connectivity index (χ1) is 7.70. The van der Waals surface area contributed by atoms with E-state index >= 15 is 0 Å². The molecule has 0 amide bonds. The Bertz CT molecular complexity index is 333. The van der Waals surface area contributed by atoms with Gasteiger partial charge in [0.1, 0.15) is 5.82 Å². The van der Waals surface area contributed by atoms with Crippen molar-refractivity contribution in [1.29, 1.82) is 0 Å². The standard InChI is InChI=1S/C12H17ClFNS/c1-3-11(15-7-8-16-2)9-5-4-6-10(13)12(9)14/h4-6,11,15H,3,7-8H2,1-2H3. The maximum atomic E-state index is 13.8. The zero-order valence-electron chi connectivity index (χ0n) is 9.59. The molecule has 0 aliphatic rings. The van der Waals surface area contributed by atoms with Crippen LogP contribution in [0, 0.1) is 5.82 Å². The average molecular weight is 262 g/mol. The van der Waals surface area contributed by atoms with Gasteiger partial charge in [-0.15, -0.1) is 0 Å². The summed E-state index contributed by atoms with van der Waals surface area (Å²) in [6, 6.07) is 5.21. The molecule has 0 aliphatic heterocycles. The number of hydrogen-bond donors (Lipinski definition) is 1. The van der Waals surface area contributed by atoms with Crippen LogP contribution >= 0.6 is 23.4 Å². The molecule has 4 heteroatoms. The van der Waals surface area contributed by atoms with Crippen LogP contribution in [-0.4, -0.2) is 18.6 Å². The number of benzene rings is 1. The van der Waals surface area contributed by atoms with Crippen LogP contribution in [0.15, 0.2) is 18.2 Å². The van der Waals surface area contributed by atoms with E-state index < -0.39 is 0 Å². The number of nitrogens with one attached hydrogen (secondary N) is 1. The molecular weight excluding hydrogens is 245 g/mol. The summed E-state index contributed by atoms with van der Waals surface area (Å²) >= 11 is 7.54. The predicted molar refractivity (Wildman–Crippen MR) is 70.8 cm³/mol. The minimum atomic E-state index is -0.298. The minimum Gasteiger partial charge on any atom is -0.309 e. The lowest BCUT2D eigenvalue weighted by Crippen LogP contribution is -2.24. The fraction of sp³-hybridized carbons (Fsp3) is 0.500. The smallest absolute Gasteiger partial charge is 0.146 e. The highest BCUT2D eigenvalue weighted by atomic mass is 35.5. The van der Waals surface area contributed by atoms with E-state index in [1.54, 1.807) is 30.0 Å². The highest BCUT2D eigenvalue weighted by Crippen LogP contribution is 2.25. The molecule has 0 heterocycles. The van der Waals surface area contributed by atoms with Crippen molar-refractivity contribution in [2.75, 3.05) is 18.6 Å². The van der Waals surface area contributed by atoms with Gasteiger partial charge in [0.15, 0.2) is 0 Å². The number of rotatable bonds is 6. The Kier molecular flexibility index (Phi) is 6.17. The lowest BCUT2D eigenvalue weighted by molar-refractivity contribution is 0.503. The van der Waals surface area contributed by atoms with Crippen molar-refractivity contribution in [1.82, 2.24) is 5.32 Å². The molecule has 0 bridgehead atoms. The Morgan fingerprint density at radius 1 is 1.50 bits per heavy atom. The summed E-state index contributed by atoms with van der Waals surface area (Å²) in [6.45, 7) is 2.92. The van der Waals surface area contributed by atoms with Crippen LogP contribution in [-0.2, 0) is 0 Å². The first-order valence-corrected chi connectivity index (χ1v) is 7.14. The molecule has 1 rings (SSSR count). The van der Waals surface area contributed by atoms with Gasteiger partial charge in [-0.1, -0.05) is 30.7 Å². The molecule has 1 aromatic rings. The van der Waals surface area contributed by atoms with E-state index in [1.165, 1.54) is 0 Å². The molecule has 1 aromatic carbocycles. The molecule has 1 N–H and O–H groups in total. The second kappa shape index (κ2) is 7.15. The van der Waals surface area contributed by atoms with E-state index in [0.717, 1.165) is 18.7 Å². The molecule has 0 saturated heterocycles. The minimum absolute atomic E-state index is 0.0471. The van der Waals surface area contributed by atoms with E-state index in [4.69, 9.17) is 11.6 Å². The highest BCUT2D eigenvalue weighted by molar-refractivity contribution is 7.98. The molecule has 90 valence electrons. The Balaban J connectivity index is 2.74. The van der Waals surface area contributed by atoms with E-state index in [0.29, 0.717) is 5.56 Å². The molecule has 1 nitrogen and oxygen atoms in total. The molecule has 1 unspecified atom stereocenters. The quantitative estimate of drug-likeness (QED) is 0.780. The Labute approximate surface area is 106 Å². The maximum Gasteiger partial charge on any atom is 0.146 e. The monoisotopic (exact) mass is 261 g/mol. The van der Waals surface area contributed by atoms with Crippen LogP contribution in [0.2, 0.25) is 5.02 Å². The zero-order valence-corrected chi connectivity index (χ0v) is 11.2. The fourth-order valence-corrected chi connectivity index (χ4v) is 2.10. The van der Waals surface area contributed by atoms with Gasteiger partial charge in [0.2, 0.25) is 0 Å². The first kappa shape index (κ1) is 13.8. The zero-order chi connectivity index (χ0) is 12.0. The summed E-state index contributed by atoms with van der Waals surface area (Å²) in [5.41, 5.74) is 0.663. The van der Waals surface area contributed by atoms with Gasteiger partial charge >= 0.3 is 0 Å². The van der Waals surface area contributed by atoms with Gasteiger partial charge in [-0.2, -0.15) is 11.8 Å². The van der Waals surface area contributed by atoms with Crippen molar-refractivity contribution in [3.63, 3.8) is 0 Å². The van der Waals surface area contributed by atoms with Gasteiger partial charge in [0.05, 0.1) is 5.02 Å². The average Bonchev–Trinajstić information content (AvgIpc) is 2.29. The second-order valence-corrected chi connectivity index (χ2v) is 4.94. The SMILES string of the molecule is CCC(NCCSC)c1cccc(Cl)c1F. The first-order valence-electron chi connectivity index (χ1n) is 5.37. The van der Waals surface area contributed by atoms with Gasteiger partial charge < -0.3 is 5.32 Å². The predicted octanol–water partition coefficient (Wildman–Crippen LogP) is 3.88. The van der Waals surface area contributed by atoms with Crippen LogP contribution in [0.3, 0.4) is 0 Å². The third kappa shape index (κ3) is 3.65. The molecule has 0 radical (unpaired) electrons. The van der Waals surface area contributed by atoms with Crippen LogP contribution < -0.4 is 5.32 Å². The fourth-order valence-electron chi connectivity index (χ4n) is 1.60. The van der Waals surface area contributed by atoms with Crippen molar-refractivity contribution in [3.05, 3.63) is 34.6 Å². The van der Waals surface area contributed by atoms with Gasteiger partial charge in [0.25, 0.3) is 0 Å². The summed E-state index contributed by atoms with van der Waals surface area (Å²) in [6.07, 6.45) is 2.91. The van der Waals surface area contributed by atoms with Gasteiger partial charge in [-0.25, -0.2) is 4.39 Å². The van der Waals surface area contributed by atoms with Crippen LogP contribution in [0.1, 0.15) is 24.9 Å². The lowest BCUT2D eigenvalue weighted by Gasteiger charge is -2.18. The summed E-state index contributed by atoms with van der Waals surface area (Å²) in [5, 5.41) is 3.53. The Morgan fingerprint density at radius 3 is 2.88 bits per heavy atom. The molecule has 1 atom stereocenters. The normalized spacial score (nSPS) is 12.8. The summed E-state index contributed by atoms with van der Waals surface area (Å²) in [7, 11) is 0. The van der Waals surface area contributed by atoms with Crippen molar-refractivity contribution in [3.8, 4) is 0 Å². The highest BCUT2D eigenvalue weighted by Gasteiger charge is 2.14. The topological polar surface area (TPSA) is 12.0 Å². The largest absolute Gasteiger partial charge is 0.309 e. The van der Waals surface area contributed by atoms with E-state index in [2.05, 4.69) is 11.6 Å². The van der Waals surface area contributed by atoms with E-state index in [-0.39, 0.29) is 16.9 Å². The number of thioether (sulfide) groups is 1. The number of hydrogen-bond acceptors (Lipinski definition) is 2. The van der Waals surface area contributed by atoms with Crippen molar-refractivity contribution >= 4 is 23.4 Å². The van der Waals surface area contributed by atoms with Crippen molar-refractivity contribution < 1.29 is 4.39 Å². The summed E-state index contributed by atoms with van der Waals surface area (Å²) < 4.78 is 13.8. The van der Waals surface area contributed by atoms with E-state index in [1.807, 2.05) is 6.92 Å².